The number of aryl methyl sites for hydroxylation is 1. The van der Waals surface area contributed by atoms with Crippen LogP contribution in [0.1, 0.15) is 29.4 Å². The molecule has 0 bridgehead atoms. The summed E-state index contributed by atoms with van der Waals surface area (Å²) in [6, 6.07) is 17.8. The summed E-state index contributed by atoms with van der Waals surface area (Å²) >= 11 is 1.67. The molecule has 6 heteroatoms. The molecule has 2 heterocycles. The Morgan fingerprint density at radius 1 is 1.10 bits per heavy atom. The van der Waals surface area contributed by atoms with Gasteiger partial charge in [-0.25, -0.2) is 9.97 Å². The molecule has 0 saturated carbocycles. The SMILES string of the molecule is Cc1oc(-c2cccc(Oc3ccccc3)c2)nc1CN(C)C(C)c1nccs1. The lowest BCUT2D eigenvalue weighted by atomic mass is 10.2. The first-order valence-corrected chi connectivity index (χ1v) is 10.4. The predicted molar refractivity (Wildman–Crippen MR) is 115 cm³/mol. The Kier molecular flexibility index (Phi) is 5.74. The van der Waals surface area contributed by atoms with Crippen LogP contribution in [0, 0.1) is 6.92 Å². The summed E-state index contributed by atoms with van der Waals surface area (Å²) in [6.07, 6.45) is 1.84. The third kappa shape index (κ3) is 4.55. The Balaban J connectivity index is 1.51. The molecular weight excluding hydrogens is 382 g/mol. The predicted octanol–water partition coefficient (Wildman–Crippen LogP) is 6.09. The largest absolute Gasteiger partial charge is 0.457 e. The van der Waals surface area contributed by atoms with Crippen molar-refractivity contribution in [3.63, 3.8) is 0 Å². The molecule has 1 atom stereocenters. The summed E-state index contributed by atoms with van der Waals surface area (Å²) in [6.45, 7) is 4.80. The van der Waals surface area contributed by atoms with Crippen molar-refractivity contribution < 1.29 is 9.15 Å². The molecule has 0 spiro atoms. The number of hydrogen-bond acceptors (Lipinski definition) is 6. The van der Waals surface area contributed by atoms with E-state index in [-0.39, 0.29) is 6.04 Å². The Labute approximate surface area is 174 Å². The standard InChI is InChI=1S/C23H23N3O2S/c1-16(23-24-12-13-29-23)26(3)15-21-17(2)27-22(25-21)18-8-7-11-20(14-18)28-19-9-5-4-6-10-19/h4-14,16H,15H2,1-3H3. The van der Waals surface area contributed by atoms with Crippen LogP contribution in [0.25, 0.3) is 11.5 Å². The van der Waals surface area contributed by atoms with Gasteiger partial charge in [0, 0.05) is 23.7 Å². The van der Waals surface area contributed by atoms with E-state index in [9.17, 15) is 0 Å². The van der Waals surface area contributed by atoms with Crippen LogP contribution < -0.4 is 4.74 Å². The number of oxazole rings is 1. The van der Waals surface area contributed by atoms with Crippen LogP contribution in [-0.4, -0.2) is 21.9 Å². The molecule has 0 saturated heterocycles. The minimum Gasteiger partial charge on any atom is -0.457 e. The zero-order valence-electron chi connectivity index (χ0n) is 16.7. The van der Waals surface area contributed by atoms with Crippen molar-refractivity contribution in [1.82, 2.24) is 14.9 Å². The maximum atomic E-state index is 5.97. The molecular formula is C23H23N3O2S. The van der Waals surface area contributed by atoms with E-state index in [4.69, 9.17) is 14.1 Å². The number of ether oxygens (including phenoxy) is 1. The fraction of sp³-hybridized carbons (Fsp3) is 0.217. The summed E-state index contributed by atoms with van der Waals surface area (Å²) in [5, 5.41) is 3.10. The first kappa shape index (κ1) is 19.4. The summed E-state index contributed by atoms with van der Waals surface area (Å²) in [7, 11) is 2.08. The third-order valence-electron chi connectivity index (χ3n) is 4.82. The van der Waals surface area contributed by atoms with Gasteiger partial charge in [0.05, 0.1) is 11.7 Å². The minimum absolute atomic E-state index is 0.220. The fourth-order valence-corrected chi connectivity index (χ4v) is 3.78. The van der Waals surface area contributed by atoms with Crippen LogP contribution in [0.2, 0.25) is 0 Å². The summed E-state index contributed by atoms with van der Waals surface area (Å²) < 4.78 is 11.9. The van der Waals surface area contributed by atoms with Gasteiger partial charge in [-0.3, -0.25) is 4.90 Å². The van der Waals surface area contributed by atoms with Crippen molar-refractivity contribution in [2.75, 3.05) is 7.05 Å². The van der Waals surface area contributed by atoms with Crippen molar-refractivity contribution in [3.05, 3.63) is 82.6 Å². The summed E-state index contributed by atoms with van der Waals surface area (Å²) in [4.78, 5) is 11.4. The van der Waals surface area contributed by atoms with Gasteiger partial charge in [0.25, 0.3) is 0 Å². The molecule has 0 aliphatic carbocycles. The molecule has 4 rings (SSSR count). The topological polar surface area (TPSA) is 51.4 Å². The molecule has 5 nitrogen and oxygen atoms in total. The number of benzene rings is 2. The van der Waals surface area contributed by atoms with Gasteiger partial charge >= 0.3 is 0 Å². The summed E-state index contributed by atoms with van der Waals surface area (Å²) in [5.41, 5.74) is 1.82. The number of aromatic nitrogens is 2. The highest BCUT2D eigenvalue weighted by molar-refractivity contribution is 7.09. The van der Waals surface area contributed by atoms with Crippen LogP contribution in [0.5, 0.6) is 11.5 Å². The lowest BCUT2D eigenvalue weighted by molar-refractivity contribution is 0.248. The van der Waals surface area contributed by atoms with Crippen molar-refractivity contribution in [2.45, 2.75) is 26.4 Å². The van der Waals surface area contributed by atoms with E-state index in [2.05, 4.69) is 23.9 Å². The maximum absolute atomic E-state index is 5.97. The van der Waals surface area contributed by atoms with Gasteiger partial charge in [0.2, 0.25) is 5.89 Å². The number of hydrogen-bond donors (Lipinski definition) is 0. The maximum Gasteiger partial charge on any atom is 0.226 e. The van der Waals surface area contributed by atoms with Crippen LogP contribution >= 0.6 is 11.3 Å². The molecule has 148 valence electrons. The van der Waals surface area contributed by atoms with E-state index < -0.39 is 0 Å². The number of nitrogens with zero attached hydrogens (tertiary/aromatic N) is 3. The van der Waals surface area contributed by atoms with E-state index in [1.54, 1.807) is 11.3 Å². The first-order valence-electron chi connectivity index (χ1n) is 9.49. The van der Waals surface area contributed by atoms with Gasteiger partial charge < -0.3 is 9.15 Å². The Hall–Kier alpha value is -2.96. The lowest BCUT2D eigenvalue weighted by Crippen LogP contribution is -2.22. The van der Waals surface area contributed by atoms with Crippen molar-refractivity contribution >= 4 is 11.3 Å². The minimum atomic E-state index is 0.220. The van der Waals surface area contributed by atoms with E-state index in [0.717, 1.165) is 33.5 Å². The molecule has 1 unspecified atom stereocenters. The molecule has 2 aromatic carbocycles. The lowest BCUT2D eigenvalue weighted by Gasteiger charge is -2.21. The van der Waals surface area contributed by atoms with Crippen LogP contribution in [0.15, 0.2) is 70.6 Å². The highest BCUT2D eigenvalue weighted by atomic mass is 32.1. The van der Waals surface area contributed by atoms with Gasteiger partial charge in [-0.05, 0) is 51.2 Å². The highest BCUT2D eigenvalue weighted by Gasteiger charge is 2.19. The van der Waals surface area contributed by atoms with Crippen molar-refractivity contribution in [2.24, 2.45) is 0 Å². The monoisotopic (exact) mass is 405 g/mol. The van der Waals surface area contributed by atoms with E-state index in [1.807, 2.05) is 73.1 Å². The zero-order valence-corrected chi connectivity index (χ0v) is 17.5. The van der Waals surface area contributed by atoms with Crippen molar-refractivity contribution in [1.29, 1.82) is 0 Å². The second kappa shape index (κ2) is 8.59. The second-order valence-corrected chi connectivity index (χ2v) is 7.85. The third-order valence-corrected chi connectivity index (χ3v) is 5.77. The van der Waals surface area contributed by atoms with Gasteiger partial charge in [-0.2, -0.15) is 0 Å². The molecule has 0 aliphatic heterocycles. The fourth-order valence-electron chi connectivity index (χ4n) is 3.02. The summed E-state index contributed by atoms with van der Waals surface area (Å²) in [5.74, 6) is 2.98. The van der Waals surface area contributed by atoms with Crippen LogP contribution in [-0.2, 0) is 6.54 Å². The molecule has 0 fully saturated rings. The average molecular weight is 406 g/mol. The molecule has 0 amide bonds. The average Bonchev–Trinajstić information content (AvgIpc) is 3.39. The number of rotatable bonds is 7. The van der Waals surface area contributed by atoms with Crippen LogP contribution in [0.4, 0.5) is 0 Å². The second-order valence-electron chi connectivity index (χ2n) is 6.93. The Morgan fingerprint density at radius 2 is 1.90 bits per heavy atom. The quantitative estimate of drug-likeness (QED) is 0.372. The van der Waals surface area contributed by atoms with E-state index in [0.29, 0.717) is 12.4 Å². The van der Waals surface area contributed by atoms with Gasteiger partial charge in [0.1, 0.15) is 22.3 Å². The number of para-hydroxylation sites is 1. The van der Waals surface area contributed by atoms with Crippen molar-refractivity contribution in [3.8, 4) is 23.0 Å². The van der Waals surface area contributed by atoms with E-state index in [1.165, 1.54) is 0 Å². The molecule has 0 radical (unpaired) electrons. The first-order chi connectivity index (χ1) is 14.1. The molecule has 29 heavy (non-hydrogen) atoms. The van der Waals surface area contributed by atoms with Gasteiger partial charge in [-0.1, -0.05) is 24.3 Å². The van der Waals surface area contributed by atoms with E-state index >= 15 is 0 Å². The molecule has 2 aromatic heterocycles. The van der Waals surface area contributed by atoms with Crippen LogP contribution in [0.3, 0.4) is 0 Å². The molecule has 0 aliphatic rings. The van der Waals surface area contributed by atoms with Gasteiger partial charge in [-0.15, -0.1) is 11.3 Å². The highest BCUT2D eigenvalue weighted by Crippen LogP contribution is 2.29. The smallest absolute Gasteiger partial charge is 0.226 e. The normalized spacial score (nSPS) is 12.3. The Bertz CT molecular complexity index is 1060. The molecule has 4 aromatic rings. The molecule has 0 N–H and O–H groups in total. The number of thiazole rings is 1. The zero-order chi connectivity index (χ0) is 20.2. The Morgan fingerprint density at radius 3 is 2.66 bits per heavy atom. The van der Waals surface area contributed by atoms with Gasteiger partial charge in [0.15, 0.2) is 0 Å².